The first-order valence-corrected chi connectivity index (χ1v) is 4.37. The predicted octanol–water partition coefficient (Wildman–Crippen LogP) is 1.02. The number of hydrogen-bond acceptors (Lipinski definition) is 2. The quantitative estimate of drug-likeness (QED) is 0.598. The average Bonchev–Trinajstić information content (AvgIpc) is 2.00. The lowest BCUT2D eigenvalue weighted by molar-refractivity contribution is -0.124. The normalized spacial score (nSPS) is 28.6. The number of amides is 3. The second-order valence-corrected chi connectivity index (χ2v) is 4.98. The molecule has 0 radical (unpaired) electrons. The van der Waals surface area contributed by atoms with E-state index in [-0.39, 0.29) is 11.3 Å². The van der Waals surface area contributed by atoms with Gasteiger partial charge in [-0.25, -0.2) is 4.79 Å². The highest BCUT2D eigenvalue weighted by Gasteiger charge is 2.44. The summed E-state index contributed by atoms with van der Waals surface area (Å²) in [6.07, 6.45) is 0.636. The molecule has 0 aromatic heterocycles. The van der Waals surface area contributed by atoms with Crippen LogP contribution in [0.1, 0.15) is 34.1 Å². The van der Waals surface area contributed by atoms with Crippen LogP contribution < -0.4 is 10.6 Å². The largest absolute Gasteiger partial charge is 0.324 e. The summed E-state index contributed by atoms with van der Waals surface area (Å²) in [5, 5.41) is 4.88. The second-order valence-electron chi connectivity index (χ2n) is 4.98. The molecule has 0 aliphatic carbocycles. The molecule has 1 saturated heterocycles. The van der Waals surface area contributed by atoms with Gasteiger partial charge in [0.1, 0.15) is 5.54 Å². The number of urea groups is 1. The fourth-order valence-electron chi connectivity index (χ4n) is 1.76. The van der Waals surface area contributed by atoms with E-state index in [0.29, 0.717) is 6.42 Å². The van der Waals surface area contributed by atoms with Crippen LogP contribution in [0.2, 0.25) is 0 Å². The molecule has 0 bridgehead atoms. The van der Waals surface area contributed by atoms with Gasteiger partial charge < -0.3 is 5.32 Å². The molecule has 1 atom stereocenters. The van der Waals surface area contributed by atoms with Crippen LogP contribution in [0.3, 0.4) is 0 Å². The van der Waals surface area contributed by atoms with Gasteiger partial charge in [-0.15, -0.1) is 0 Å². The molecule has 4 nitrogen and oxygen atoms in total. The molecular formula is C9H16N2O2. The molecular weight excluding hydrogens is 168 g/mol. The zero-order chi connectivity index (χ0) is 10.3. The number of imide groups is 1. The minimum absolute atomic E-state index is 0.0176. The van der Waals surface area contributed by atoms with Crippen molar-refractivity contribution >= 4 is 11.9 Å². The summed E-state index contributed by atoms with van der Waals surface area (Å²) in [6, 6.07) is -0.392. The van der Waals surface area contributed by atoms with Gasteiger partial charge in [0, 0.05) is 0 Å². The molecule has 1 heterocycles. The van der Waals surface area contributed by atoms with Crippen molar-refractivity contribution in [1.82, 2.24) is 10.6 Å². The van der Waals surface area contributed by atoms with E-state index >= 15 is 0 Å². The van der Waals surface area contributed by atoms with Gasteiger partial charge in [0.15, 0.2) is 0 Å². The molecule has 1 aliphatic rings. The first kappa shape index (κ1) is 10.0. The molecule has 0 spiro atoms. The van der Waals surface area contributed by atoms with E-state index in [1.54, 1.807) is 6.92 Å². The summed E-state index contributed by atoms with van der Waals surface area (Å²) >= 11 is 0. The summed E-state index contributed by atoms with van der Waals surface area (Å²) in [5.41, 5.74) is -0.723. The molecule has 4 heteroatoms. The highest BCUT2D eigenvalue weighted by atomic mass is 16.2. The minimum Gasteiger partial charge on any atom is -0.324 e. The molecule has 1 aliphatic heterocycles. The van der Waals surface area contributed by atoms with Crippen LogP contribution in [-0.2, 0) is 4.79 Å². The molecule has 0 aromatic carbocycles. The highest BCUT2D eigenvalue weighted by molar-refractivity contribution is 6.06. The third-order valence-electron chi connectivity index (χ3n) is 2.00. The van der Waals surface area contributed by atoms with Crippen molar-refractivity contribution in [3.63, 3.8) is 0 Å². The van der Waals surface area contributed by atoms with E-state index in [1.165, 1.54) is 0 Å². The van der Waals surface area contributed by atoms with Crippen LogP contribution in [0.5, 0.6) is 0 Å². The van der Waals surface area contributed by atoms with E-state index in [0.717, 1.165) is 0 Å². The smallest absolute Gasteiger partial charge is 0.322 e. The van der Waals surface area contributed by atoms with Crippen molar-refractivity contribution in [2.45, 2.75) is 39.7 Å². The summed E-state index contributed by atoms with van der Waals surface area (Å²) < 4.78 is 0. The molecule has 1 rings (SSSR count). The Kier molecular flexibility index (Phi) is 2.10. The first-order valence-electron chi connectivity index (χ1n) is 4.37. The van der Waals surface area contributed by atoms with Gasteiger partial charge >= 0.3 is 6.03 Å². The van der Waals surface area contributed by atoms with E-state index in [1.807, 2.05) is 20.8 Å². The Hall–Kier alpha value is -1.06. The van der Waals surface area contributed by atoms with Gasteiger partial charge in [0.2, 0.25) is 0 Å². The summed E-state index contributed by atoms with van der Waals surface area (Å²) in [7, 11) is 0. The van der Waals surface area contributed by atoms with Crippen molar-refractivity contribution in [2.24, 2.45) is 5.41 Å². The Labute approximate surface area is 78.1 Å². The highest BCUT2D eigenvalue weighted by Crippen LogP contribution is 2.28. The van der Waals surface area contributed by atoms with Crippen molar-refractivity contribution in [2.75, 3.05) is 0 Å². The molecule has 2 N–H and O–H groups in total. The number of rotatable bonds is 1. The number of hydrogen-bond donors (Lipinski definition) is 2. The zero-order valence-electron chi connectivity index (χ0n) is 8.52. The Morgan fingerprint density at radius 2 is 1.85 bits per heavy atom. The maximum Gasteiger partial charge on any atom is 0.322 e. The van der Waals surface area contributed by atoms with Gasteiger partial charge in [-0.05, 0) is 18.8 Å². The van der Waals surface area contributed by atoms with Gasteiger partial charge in [-0.1, -0.05) is 20.8 Å². The van der Waals surface area contributed by atoms with Crippen molar-refractivity contribution in [3.05, 3.63) is 0 Å². The Morgan fingerprint density at radius 1 is 1.31 bits per heavy atom. The van der Waals surface area contributed by atoms with Gasteiger partial charge in [0.05, 0.1) is 0 Å². The number of carbonyl (C=O) groups is 2. The molecule has 3 amide bonds. The number of nitrogens with one attached hydrogen (secondary N) is 2. The lowest BCUT2D eigenvalue weighted by atomic mass is 9.81. The van der Waals surface area contributed by atoms with Crippen molar-refractivity contribution in [3.8, 4) is 0 Å². The third-order valence-corrected chi connectivity index (χ3v) is 2.00. The Balaban J connectivity index is 2.77. The summed E-state index contributed by atoms with van der Waals surface area (Å²) in [5.74, 6) is -0.229. The van der Waals surface area contributed by atoms with E-state index in [4.69, 9.17) is 0 Å². The average molecular weight is 184 g/mol. The lowest BCUT2D eigenvalue weighted by Gasteiger charge is -2.29. The monoisotopic (exact) mass is 184 g/mol. The van der Waals surface area contributed by atoms with Crippen LogP contribution in [0, 0.1) is 5.41 Å². The maximum absolute atomic E-state index is 11.4. The zero-order valence-corrected chi connectivity index (χ0v) is 8.52. The Bertz CT molecular complexity index is 255. The van der Waals surface area contributed by atoms with E-state index < -0.39 is 11.6 Å². The topological polar surface area (TPSA) is 58.2 Å². The third kappa shape index (κ3) is 2.20. The molecule has 0 saturated carbocycles. The van der Waals surface area contributed by atoms with Crippen LogP contribution in [-0.4, -0.2) is 17.5 Å². The number of carbonyl (C=O) groups excluding carboxylic acids is 2. The van der Waals surface area contributed by atoms with Crippen LogP contribution in [0.25, 0.3) is 0 Å². The maximum atomic E-state index is 11.4. The SMILES string of the molecule is CC(C)(C)CC1(C)NC(=O)NC1=O. The van der Waals surface area contributed by atoms with Crippen LogP contribution in [0.4, 0.5) is 4.79 Å². The van der Waals surface area contributed by atoms with Gasteiger partial charge in [-0.3, -0.25) is 10.1 Å². The fraction of sp³-hybridized carbons (Fsp3) is 0.778. The minimum atomic E-state index is -0.741. The van der Waals surface area contributed by atoms with Crippen LogP contribution >= 0.6 is 0 Å². The molecule has 13 heavy (non-hydrogen) atoms. The molecule has 1 fully saturated rings. The summed E-state index contributed by atoms with van der Waals surface area (Å²) in [6.45, 7) is 7.86. The van der Waals surface area contributed by atoms with E-state index in [9.17, 15) is 9.59 Å². The first-order chi connectivity index (χ1) is 5.73. The lowest BCUT2D eigenvalue weighted by Crippen LogP contribution is -2.46. The fourth-order valence-corrected chi connectivity index (χ4v) is 1.76. The van der Waals surface area contributed by atoms with Crippen LogP contribution in [0.15, 0.2) is 0 Å². The van der Waals surface area contributed by atoms with Crippen molar-refractivity contribution in [1.29, 1.82) is 0 Å². The van der Waals surface area contributed by atoms with Gasteiger partial charge in [0.25, 0.3) is 5.91 Å². The molecule has 74 valence electrons. The van der Waals surface area contributed by atoms with E-state index in [2.05, 4.69) is 10.6 Å². The molecule has 1 unspecified atom stereocenters. The Morgan fingerprint density at radius 3 is 2.15 bits per heavy atom. The molecule has 0 aromatic rings. The second kappa shape index (κ2) is 2.72. The predicted molar refractivity (Wildman–Crippen MR) is 49.2 cm³/mol. The van der Waals surface area contributed by atoms with Crippen molar-refractivity contribution < 1.29 is 9.59 Å². The standard InChI is InChI=1S/C9H16N2O2/c1-8(2,3)5-9(4)6(12)10-7(13)11-9/h5H2,1-4H3,(H2,10,11,12,13). The summed E-state index contributed by atoms with van der Waals surface area (Å²) in [4.78, 5) is 22.3. The van der Waals surface area contributed by atoms with Gasteiger partial charge in [-0.2, -0.15) is 0 Å².